The fourth-order valence-electron chi connectivity index (χ4n) is 1.56. The quantitative estimate of drug-likeness (QED) is 0.893. The number of nitrogens with one attached hydrogen (secondary N) is 2. The topological polar surface area (TPSA) is 70.7 Å². The first-order valence-corrected chi connectivity index (χ1v) is 5.88. The largest absolute Gasteiger partial charge is 0.342 e. The van der Waals surface area contributed by atoms with Gasteiger partial charge in [0.05, 0.1) is 6.04 Å². The number of aryl methyl sites for hydroxylation is 1. The number of hydrogen-bond donors (Lipinski definition) is 2. The van der Waals surface area contributed by atoms with Gasteiger partial charge >= 0.3 is 0 Å². The molecular formula is C12H13ClN4O. The molecule has 0 bridgehead atoms. The van der Waals surface area contributed by atoms with Gasteiger partial charge in [-0.2, -0.15) is 5.10 Å². The van der Waals surface area contributed by atoms with Gasteiger partial charge in [0.15, 0.2) is 0 Å². The summed E-state index contributed by atoms with van der Waals surface area (Å²) in [4.78, 5) is 16.0. The zero-order valence-corrected chi connectivity index (χ0v) is 10.8. The molecule has 0 aliphatic heterocycles. The van der Waals surface area contributed by atoms with Gasteiger partial charge in [-0.25, -0.2) is 4.98 Å². The summed E-state index contributed by atoms with van der Waals surface area (Å²) in [7, 11) is 0. The van der Waals surface area contributed by atoms with Crippen molar-refractivity contribution in [3.05, 3.63) is 46.5 Å². The summed E-state index contributed by atoms with van der Waals surface area (Å²) < 4.78 is 0. The van der Waals surface area contributed by atoms with E-state index in [0.717, 1.165) is 5.56 Å². The Morgan fingerprint density at radius 1 is 1.50 bits per heavy atom. The van der Waals surface area contributed by atoms with E-state index in [2.05, 4.69) is 20.5 Å². The Kier molecular flexibility index (Phi) is 3.62. The van der Waals surface area contributed by atoms with Crippen LogP contribution in [-0.2, 0) is 0 Å². The summed E-state index contributed by atoms with van der Waals surface area (Å²) in [6.45, 7) is 3.69. The third-order valence-electron chi connectivity index (χ3n) is 2.61. The number of nitrogens with zero attached hydrogens (tertiary/aromatic N) is 2. The van der Waals surface area contributed by atoms with Crippen LogP contribution in [0.4, 0.5) is 0 Å². The Hall–Kier alpha value is -1.88. The number of rotatable bonds is 3. The van der Waals surface area contributed by atoms with Crippen LogP contribution in [0.5, 0.6) is 0 Å². The lowest BCUT2D eigenvalue weighted by Gasteiger charge is -2.11. The number of carbonyl (C=O) groups is 1. The van der Waals surface area contributed by atoms with Crippen molar-refractivity contribution in [3.8, 4) is 0 Å². The van der Waals surface area contributed by atoms with Crippen molar-refractivity contribution in [1.82, 2.24) is 20.5 Å². The highest BCUT2D eigenvalue weighted by molar-refractivity contribution is 6.31. The molecule has 1 amide bonds. The van der Waals surface area contributed by atoms with Crippen molar-refractivity contribution in [1.29, 1.82) is 0 Å². The van der Waals surface area contributed by atoms with Gasteiger partial charge in [0.2, 0.25) is 0 Å². The molecule has 0 fully saturated rings. The maximum atomic E-state index is 12.0. The fourth-order valence-corrected chi connectivity index (χ4v) is 1.68. The van der Waals surface area contributed by atoms with Crippen LogP contribution in [0.3, 0.4) is 0 Å². The van der Waals surface area contributed by atoms with Crippen LogP contribution in [0.15, 0.2) is 24.5 Å². The van der Waals surface area contributed by atoms with Gasteiger partial charge in [-0.1, -0.05) is 11.6 Å². The molecule has 0 saturated carbocycles. The SMILES string of the molecule is Cc1cc(C(=O)NC(C)c2ncn[nH]2)ccc1Cl. The zero-order valence-electron chi connectivity index (χ0n) is 10.1. The predicted octanol–water partition coefficient (Wildman–Crippen LogP) is 2.26. The summed E-state index contributed by atoms with van der Waals surface area (Å²) in [5.41, 5.74) is 1.44. The van der Waals surface area contributed by atoms with Crippen LogP contribution < -0.4 is 5.32 Å². The molecule has 1 aromatic carbocycles. The molecule has 0 aliphatic rings. The Bertz CT molecular complexity index is 553. The van der Waals surface area contributed by atoms with E-state index in [1.165, 1.54) is 6.33 Å². The molecule has 1 unspecified atom stereocenters. The smallest absolute Gasteiger partial charge is 0.251 e. The monoisotopic (exact) mass is 264 g/mol. The van der Waals surface area contributed by atoms with Crippen molar-refractivity contribution in [2.45, 2.75) is 19.9 Å². The van der Waals surface area contributed by atoms with Crippen molar-refractivity contribution in [2.75, 3.05) is 0 Å². The molecule has 2 rings (SSSR count). The van der Waals surface area contributed by atoms with Crippen LogP contribution in [-0.4, -0.2) is 21.1 Å². The molecule has 5 nitrogen and oxygen atoms in total. The highest BCUT2D eigenvalue weighted by atomic mass is 35.5. The Morgan fingerprint density at radius 2 is 2.28 bits per heavy atom. The highest BCUT2D eigenvalue weighted by Gasteiger charge is 2.13. The number of aromatic nitrogens is 3. The first-order valence-electron chi connectivity index (χ1n) is 5.50. The molecule has 0 radical (unpaired) electrons. The molecule has 0 aliphatic carbocycles. The van der Waals surface area contributed by atoms with E-state index in [0.29, 0.717) is 16.4 Å². The Labute approximate surface area is 110 Å². The van der Waals surface area contributed by atoms with E-state index in [-0.39, 0.29) is 11.9 Å². The summed E-state index contributed by atoms with van der Waals surface area (Å²) in [6.07, 6.45) is 1.41. The number of carbonyl (C=O) groups excluding carboxylic acids is 1. The van der Waals surface area contributed by atoms with E-state index < -0.39 is 0 Å². The average Bonchev–Trinajstić information content (AvgIpc) is 2.86. The summed E-state index contributed by atoms with van der Waals surface area (Å²) in [5.74, 6) is 0.452. The standard InChI is InChI=1S/C12H13ClN4O/c1-7-5-9(3-4-10(7)13)12(18)16-8(2)11-14-6-15-17-11/h3-6,8H,1-2H3,(H,16,18)(H,14,15,17). The lowest BCUT2D eigenvalue weighted by atomic mass is 10.1. The van der Waals surface area contributed by atoms with Crippen LogP contribution in [0.25, 0.3) is 0 Å². The van der Waals surface area contributed by atoms with Crippen molar-refractivity contribution in [2.24, 2.45) is 0 Å². The molecule has 0 saturated heterocycles. The number of H-pyrrole nitrogens is 1. The minimum atomic E-state index is -0.226. The summed E-state index contributed by atoms with van der Waals surface area (Å²) in [5, 5.41) is 9.94. The number of hydrogen-bond acceptors (Lipinski definition) is 3. The van der Waals surface area contributed by atoms with Gasteiger partial charge in [0, 0.05) is 10.6 Å². The predicted molar refractivity (Wildman–Crippen MR) is 68.5 cm³/mol. The van der Waals surface area contributed by atoms with Crippen LogP contribution >= 0.6 is 11.6 Å². The second kappa shape index (κ2) is 5.18. The number of aromatic amines is 1. The van der Waals surface area contributed by atoms with E-state index >= 15 is 0 Å². The zero-order chi connectivity index (χ0) is 13.1. The maximum absolute atomic E-state index is 12.0. The maximum Gasteiger partial charge on any atom is 0.251 e. The van der Waals surface area contributed by atoms with Gasteiger partial charge < -0.3 is 5.32 Å². The second-order valence-electron chi connectivity index (χ2n) is 4.03. The number of benzene rings is 1. The molecule has 1 atom stereocenters. The normalized spacial score (nSPS) is 12.2. The molecule has 0 spiro atoms. The molecule has 2 N–H and O–H groups in total. The van der Waals surface area contributed by atoms with Crippen molar-refractivity contribution < 1.29 is 4.79 Å². The van der Waals surface area contributed by atoms with Crippen LogP contribution in [0, 0.1) is 6.92 Å². The minimum absolute atomic E-state index is 0.168. The molecule has 18 heavy (non-hydrogen) atoms. The number of amides is 1. The van der Waals surface area contributed by atoms with Crippen molar-refractivity contribution >= 4 is 17.5 Å². The highest BCUT2D eigenvalue weighted by Crippen LogP contribution is 2.17. The van der Waals surface area contributed by atoms with E-state index in [1.807, 2.05) is 13.8 Å². The number of halogens is 1. The van der Waals surface area contributed by atoms with Gasteiger partial charge in [0.25, 0.3) is 5.91 Å². The second-order valence-corrected chi connectivity index (χ2v) is 4.44. The van der Waals surface area contributed by atoms with Crippen LogP contribution in [0.1, 0.15) is 34.7 Å². The molecule has 94 valence electrons. The lowest BCUT2D eigenvalue weighted by Crippen LogP contribution is -2.27. The van der Waals surface area contributed by atoms with Gasteiger partial charge in [0.1, 0.15) is 12.2 Å². The third kappa shape index (κ3) is 2.68. The Morgan fingerprint density at radius 3 is 2.89 bits per heavy atom. The first kappa shape index (κ1) is 12.6. The van der Waals surface area contributed by atoms with Gasteiger partial charge in [-0.3, -0.25) is 9.89 Å². The van der Waals surface area contributed by atoms with Gasteiger partial charge in [-0.05, 0) is 37.6 Å². The summed E-state index contributed by atoms with van der Waals surface area (Å²) >= 11 is 5.92. The third-order valence-corrected chi connectivity index (χ3v) is 3.04. The molecule has 1 heterocycles. The lowest BCUT2D eigenvalue weighted by molar-refractivity contribution is 0.0938. The van der Waals surface area contributed by atoms with E-state index in [9.17, 15) is 4.79 Å². The van der Waals surface area contributed by atoms with E-state index in [1.54, 1.807) is 18.2 Å². The molecular weight excluding hydrogens is 252 g/mol. The minimum Gasteiger partial charge on any atom is -0.342 e. The molecule has 1 aromatic heterocycles. The summed E-state index contributed by atoms with van der Waals surface area (Å²) in [6, 6.07) is 4.93. The van der Waals surface area contributed by atoms with Crippen molar-refractivity contribution in [3.63, 3.8) is 0 Å². The van der Waals surface area contributed by atoms with E-state index in [4.69, 9.17) is 11.6 Å². The molecule has 6 heteroatoms. The average molecular weight is 265 g/mol. The first-order chi connectivity index (χ1) is 8.58. The fraction of sp³-hybridized carbons (Fsp3) is 0.250. The van der Waals surface area contributed by atoms with Gasteiger partial charge in [-0.15, -0.1) is 0 Å². The molecule has 2 aromatic rings. The Balaban J connectivity index is 2.10. The van der Waals surface area contributed by atoms with Crippen LogP contribution in [0.2, 0.25) is 5.02 Å².